The molecule has 0 fully saturated rings. The molecule has 0 aliphatic carbocycles. The lowest BCUT2D eigenvalue weighted by Crippen LogP contribution is -2.24. The van der Waals surface area contributed by atoms with Gasteiger partial charge >= 0.3 is 12.5 Å². The Morgan fingerprint density at radius 1 is 1.23 bits per heavy atom. The number of rotatable bonds is 3. The van der Waals surface area contributed by atoms with Gasteiger partial charge in [-0.25, -0.2) is 18.5 Å². The van der Waals surface area contributed by atoms with Gasteiger partial charge < -0.3 is 4.74 Å². The molecule has 0 aliphatic rings. The van der Waals surface area contributed by atoms with Gasteiger partial charge in [-0.15, -0.1) is 13.2 Å². The van der Waals surface area contributed by atoms with Gasteiger partial charge in [0.15, 0.2) is 10.6 Å². The molecule has 8 nitrogen and oxygen atoms in total. The molecule has 0 bridgehead atoms. The lowest BCUT2D eigenvalue weighted by atomic mass is 10.3. The van der Waals surface area contributed by atoms with Crippen LogP contribution in [0.1, 0.15) is 5.69 Å². The quantitative estimate of drug-likeness (QED) is 0.498. The van der Waals surface area contributed by atoms with Gasteiger partial charge in [-0.05, 0) is 0 Å². The van der Waals surface area contributed by atoms with E-state index in [4.69, 9.17) is 0 Å². The van der Waals surface area contributed by atoms with Crippen molar-refractivity contribution in [1.82, 2.24) is 4.98 Å². The normalized spacial score (nSPS) is 13.0. The predicted molar refractivity (Wildman–Crippen MR) is 53.9 cm³/mol. The van der Waals surface area contributed by atoms with Crippen LogP contribution in [0.4, 0.5) is 32.0 Å². The second-order valence-corrected chi connectivity index (χ2v) is 5.00. The minimum absolute atomic E-state index is 0.234. The standard InChI is InChI=1S/C7H3F6N3O5S/c8-6(9,10)5-4(22(14,19)20)2(16(17)18)1-3(15-5)21-7(11,12)13/h1H,(H2,14,19,20). The highest BCUT2D eigenvalue weighted by Gasteiger charge is 2.45. The molecular formula is C7H3F6N3O5S. The fourth-order valence-corrected chi connectivity index (χ4v) is 2.13. The minimum atomic E-state index is -5.64. The Morgan fingerprint density at radius 3 is 2.05 bits per heavy atom. The van der Waals surface area contributed by atoms with Crippen LogP contribution in [0.25, 0.3) is 0 Å². The Bertz CT molecular complexity index is 713. The van der Waals surface area contributed by atoms with Crippen LogP contribution in [0, 0.1) is 10.1 Å². The minimum Gasteiger partial charge on any atom is -0.388 e. The third-order valence-electron chi connectivity index (χ3n) is 1.90. The first-order chi connectivity index (χ1) is 9.63. The van der Waals surface area contributed by atoms with Crippen molar-refractivity contribution < 1.29 is 44.4 Å². The van der Waals surface area contributed by atoms with Crippen molar-refractivity contribution in [2.24, 2.45) is 5.14 Å². The summed E-state index contributed by atoms with van der Waals surface area (Å²) in [4.78, 5) is 9.19. The van der Waals surface area contributed by atoms with Gasteiger partial charge in [0.2, 0.25) is 15.9 Å². The van der Waals surface area contributed by atoms with Crippen molar-refractivity contribution in [3.63, 3.8) is 0 Å². The Kier molecular flexibility index (Phi) is 4.26. The highest BCUT2D eigenvalue weighted by Crippen LogP contribution is 2.39. The number of alkyl halides is 6. The molecule has 0 amide bonds. The van der Waals surface area contributed by atoms with Gasteiger partial charge in [-0.3, -0.25) is 10.1 Å². The lowest BCUT2D eigenvalue weighted by molar-refractivity contribution is -0.388. The maximum atomic E-state index is 12.7. The summed E-state index contributed by atoms with van der Waals surface area (Å²) in [6.45, 7) is 0. The molecule has 22 heavy (non-hydrogen) atoms. The number of nitro groups is 1. The number of nitrogens with zero attached hydrogens (tertiary/aromatic N) is 2. The monoisotopic (exact) mass is 355 g/mol. The lowest BCUT2D eigenvalue weighted by Gasteiger charge is -2.13. The van der Waals surface area contributed by atoms with E-state index in [-0.39, 0.29) is 6.07 Å². The molecule has 1 aromatic heterocycles. The van der Waals surface area contributed by atoms with Crippen LogP contribution in [0.2, 0.25) is 0 Å². The summed E-state index contributed by atoms with van der Waals surface area (Å²) in [5.74, 6) is -1.86. The molecule has 0 saturated carbocycles. The van der Waals surface area contributed by atoms with Gasteiger partial charge in [0.25, 0.3) is 5.69 Å². The molecule has 1 aromatic rings. The Hall–Kier alpha value is -2.16. The number of aromatic nitrogens is 1. The summed E-state index contributed by atoms with van der Waals surface area (Å²) in [6.07, 6.45) is -11.1. The zero-order valence-corrected chi connectivity index (χ0v) is 10.6. The predicted octanol–water partition coefficient (Wildman–Crippen LogP) is 1.55. The topological polar surface area (TPSA) is 125 Å². The maximum absolute atomic E-state index is 12.7. The maximum Gasteiger partial charge on any atom is 0.574 e. The van der Waals surface area contributed by atoms with E-state index in [1.54, 1.807) is 0 Å². The van der Waals surface area contributed by atoms with E-state index in [0.717, 1.165) is 0 Å². The highest BCUT2D eigenvalue weighted by atomic mass is 32.2. The summed E-state index contributed by atoms with van der Waals surface area (Å²) < 4.78 is 99.3. The number of ether oxygens (including phenoxy) is 1. The van der Waals surface area contributed by atoms with E-state index in [1.165, 1.54) is 0 Å². The zero-order valence-electron chi connectivity index (χ0n) is 9.77. The van der Waals surface area contributed by atoms with Gasteiger partial charge in [-0.1, -0.05) is 0 Å². The molecule has 0 atom stereocenters. The average molecular weight is 355 g/mol. The van der Waals surface area contributed by atoms with E-state index >= 15 is 0 Å². The van der Waals surface area contributed by atoms with Crippen LogP contribution < -0.4 is 9.88 Å². The third kappa shape index (κ3) is 4.17. The van der Waals surface area contributed by atoms with Gasteiger partial charge in [-0.2, -0.15) is 13.2 Å². The number of sulfonamides is 1. The van der Waals surface area contributed by atoms with Crippen LogP contribution >= 0.6 is 0 Å². The van der Waals surface area contributed by atoms with Crippen molar-refractivity contribution in [2.75, 3.05) is 0 Å². The number of nitrogens with two attached hydrogens (primary N) is 1. The molecule has 0 radical (unpaired) electrons. The summed E-state index contributed by atoms with van der Waals surface area (Å²) in [5.41, 5.74) is -4.35. The molecule has 1 rings (SSSR count). The molecular weight excluding hydrogens is 352 g/mol. The van der Waals surface area contributed by atoms with Crippen molar-refractivity contribution in [3.05, 3.63) is 21.9 Å². The van der Waals surface area contributed by atoms with E-state index in [1.807, 2.05) is 0 Å². The fourth-order valence-electron chi connectivity index (χ4n) is 1.28. The highest BCUT2D eigenvalue weighted by molar-refractivity contribution is 7.89. The van der Waals surface area contributed by atoms with Crippen LogP contribution in [-0.2, 0) is 16.2 Å². The van der Waals surface area contributed by atoms with Crippen LogP contribution in [0.3, 0.4) is 0 Å². The van der Waals surface area contributed by atoms with E-state index in [2.05, 4.69) is 14.9 Å². The molecule has 124 valence electrons. The third-order valence-corrected chi connectivity index (χ3v) is 2.87. The van der Waals surface area contributed by atoms with E-state index in [0.29, 0.717) is 0 Å². The molecule has 1 heterocycles. The largest absolute Gasteiger partial charge is 0.574 e. The summed E-state index contributed by atoms with van der Waals surface area (Å²) in [6, 6.07) is -0.234. The van der Waals surface area contributed by atoms with Gasteiger partial charge in [0.1, 0.15) is 0 Å². The Labute approximate surface area is 116 Å². The fraction of sp³-hybridized carbons (Fsp3) is 0.286. The second kappa shape index (κ2) is 5.24. The average Bonchev–Trinajstić information content (AvgIpc) is 2.22. The smallest absolute Gasteiger partial charge is 0.388 e. The molecule has 0 spiro atoms. The van der Waals surface area contributed by atoms with Crippen molar-refractivity contribution >= 4 is 15.7 Å². The number of primary sulfonamides is 1. The summed E-state index contributed by atoms with van der Waals surface area (Å²) in [7, 11) is -5.31. The van der Waals surface area contributed by atoms with Crippen molar-refractivity contribution in [3.8, 4) is 5.88 Å². The van der Waals surface area contributed by atoms with Gasteiger partial charge in [0, 0.05) is 0 Å². The van der Waals surface area contributed by atoms with Gasteiger partial charge in [0.05, 0.1) is 11.0 Å². The SMILES string of the molecule is NS(=O)(=O)c1c([N+](=O)[O-])cc(OC(F)(F)F)nc1C(F)(F)F. The molecule has 0 aromatic carbocycles. The summed E-state index contributed by atoms with van der Waals surface area (Å²) in [5, 5.41) is 15.1. The zero-order chi connectivity index (χ0) is 17.5. The Balaban J connectivity index is 3.81. The van der Waals surface area contributed by atoms with Crippen molar-refractivity contribution in [1.29, 1.82) is 0 Å². The molecule has 0 aliphatic heterocycles. The molecule has 0 unspecified atom stereocenters. The Morgan fingerprint density at radius 2 is 1.73 bits per heavy atom. The molecule has 0 saturated heterocycles. The number of halogens is 6. The summed E-state index contributed by atoms with van der Waals surface area (Å²) >= 11 is 0. The second-order valence-electron chi connectivity index (χ2n) is 3.51. The van der Waals surface area contributed by atoms with Crippen LogP contribution in [-0.4, -0.2) is 24.7 Å². The number of pyridine rings is 1. The molecule has 15 heteroatoms. The first kappa shape index (κ1) is 17.9. The van der Waals surface area contributed by atoms with Crippen LogP contribution in [0.15, 0.2) is 11.0 Å². The number of hydrogen-bond acceptors (Lipinski definition) is 6. The molecule has 2 N–H and O–H groups in total. The first-order valence-electron chi connectivity index (χ1n) is 4.68. The van der Waals surface area contributed by atoms with E-state index < -0.39 is 49.6 Å². The van der Waals surface area contributed by atoms with Crippen LogP contribution in [0.5, 0.6) is 5.88 Å². The van der Waals surface area contributed by atoms with E-state index in [9.17, 15) is 44.9 Å². The van der Waals surface area contributed by atoms with Crippen molar-refractivity contribution in [2.45, 2.75) is 17.4 Å². The number of hydrogen-bond donors (Lipinski definition) is 1. The first-order valence-corrected chi connectivity index (χ1v) is 6.22.